The first kappa shape index (κ1) is 82.8. The molecule has 0 aliphatic rings. The number of nitrogens with zero attached hydrogens (tertiary/aromatic N) is 1. The summed E-state index contributed by atoms with van der Waals surface area (Å²) in [4.78, 5) is 2.34. The Morgan fingerprint density at radius 2 is 0.450 bits per heavy atom. The molecule has 20 aromatic carbocycles. The molecule has 0 aliphatic carbocycles. The molecule has 4 heterocycles. The zero-order valence-corrected chi connectivity index (χ0v) is 71.1. The lowest BCUT2D eigenvalue weighted by molar-refractivity contribution is 0.668. The summed E-state index contributed by atoms with van der Waals surface area (Å²) in [7, 11) is 0. The van der Waals surface area contributed by atoms with Crippen molar-refractivity contribution in [2.45, 2.75) is 25.7 Å². The van der Waals surface area contributed by atoms with Crippen LogP contribution in [0.3, 0.4) is 0 Å². The van der Waals surface area contributed by atoms with Gasteiger partial charge < -0.3 is 27.9 Å². The van der Waals surface area contributed by atoms with Crippen molar-refractivity contribution in [2.75, 3.05) is 10.2 Å². The summed E-state index contributed by atoms with van der Waals surface area (Å²) in [5, 5.41) is 13.3. The highest BCUT2D eigenvalue weighted by atomic mass is 35.5. The minimum atomic E-state index is -0.513. The molecule has 6 nitrogen and oxygen atoms in total. The van der Waals surface area contributed by atoms with E-state index >= 15 is 0 Å². The van der Waals surface area contributed by atoms with Crippen molar-refractivity contribution < 1.29 is 17.7 Å². The average molecular weight is 1710 g/mol. The second-order valence-electron chi connectivity index (χ2n) is 32.7. The highest BCUT2D eigenvalue weighted by Crippen LogP contribution is 2.50. The lowest BCUT2D eigenvalue weighted by atomic mass is 9.65. The fraction of sp³-hybridized carbons (Fsp3) is 0.0323. The van der Waals surface area contributed by atoms with Gasteiger partial charge in [0, 0.05) is 76.5 Å². The number of rotatable bonds is 17. The molecule has 0 radical (unpaired) electrons. The molecule has 0 saturated carbocycles. The molecule has 0 fully saturated rings. The molecule has 131 heavy (non-hydrogen) atoms. The van der Waals surface area contributed by atoms with E-state index in [1.54, 1.807) is 0 Å². The average Bonchev–Trinajstić information content (AvgIpc) is 1.56. The van der Waals surface area contributed by atoms with Gasteiger partial charge in [0.15, 0.2) is 0 Å². The lowest BCUT2D eigenvalue weighted by Crippen LogP contribution is -2.30. The van der Waals surface area contributed by atoms with Crippen molar-refractivity contribution in [3.8, 4) is 44.5 Å². The smallest absolute Gasteiger partial charge is 0.136 e. The maximum Gasteiger partial charge on any atom is 0.136 e. The largest absolute Gasteiger partial charge is 0.456 e. The van der Waals surface area contributed by atoms with Gasteiger partial charge in [-0.25, -0.2) is 0 Å². The second kappa shape index (κ2) is 36.1. The summed E-state index contributed by atoms with van der Waals surface area (Å²) in [5.41, 5.74) is 30.4. The Kier molecular flexibility index (Phi) is 22.8. The molecule has 0 saturated heterocycles. The molecular formula is C124H91ClN2O4. The minimum Gasteiger partial charge on any atom is -0.456 e. The number of fused-ring (bicyclic) bond motifs is 12. The van der Waals surface area contributed by atoms with Crippen molar-refractivity contribution in [2.24, 2.45) is 0 Å². The SMILES string of the molecule is C.C.Clc1cccc(-c2ccc(C(c3ccccc3)(c3ccccc3)c3ccccc3)cc2)c1.c1ccc(C(c2ccccc2)(c2ccccc2)c2ccc(-c3cccc(N(c4ccc(-c5ccc6c(c5)oc5ccccc56)cc4)c4ccc5oc6ccccc6c5c4)c3)cc2)cc1.c1ccc2c(c1)oc1cc(-c3ccc(Nc4ccc5oc6ccccc6c5c4)cc3)ccc12. The summed E-state index contributed by atoms with van der Waals surface area (Å²) in [5.74, 6) is 0. The first-order valence-corrected chi connectivity index (χ1v) is 44.0. The van der Waals surface area contributed by atoms with E-state index in [0.717, 1.165) is 166 Å². The number of halogens is 1. The monoisotopic (exact) mass is 1710 g/mol. The molecule has 7 heteroatoms. The Labute approximate surface area is 767 Å². The number of benzene rings is 20. The predicted molar refractivity (Wildman–Crippen MR) is 550 cm³/mol. The van der Waals surface area contributed by atoms with E-state index in [1.165, 1.54) is 44.5 Å². The van der Waals surface area contributed by atoms with Crippen LogP contribution in [-0.2, 0) is 10.8 Å². The normalized spacial score (nSPS) is 11.4. The summed E-state index contributed by atoms with van der Waals surface area (Å²) in [6.07, 6.45) is 0. The van der Waals surface area contributed by atoms with Crippen LogP contribution >= 0.6 is 11.6 Å². The zero-order valence-electron chi connectivity index (χ0n) is 70.3. The summed E-state index contributed by atoms with van der Waals surface area (Å²) in [6, 6.07) is 176. The second-order valence-corrected chi connectivity index (χ2v) is 33.1. The quantitative estimate of drug-likeness (QED) is 0.0917. The van der Waals surface area contributed by atoms with E-state index in [-0.39, 0.29) is 14.9 Å². The van der Waals surface area contributed by atoms with Crippen LogP contribution in [0.25, 0.3) is 132 Å². The van der Waals surface area contributed by atoms with Gasteiger partial charge in [0.05, 0.1) is 10.8 Å². The Balaban J connectivity index is 0.000000134. The van der Waals surface area contributed by atoms with Gasteiger partial charge in [0.2, 0.25) is 0 Å². The van der Waals surface area contributed by atoms with Crippen molar-refractivity contribution in [1.29, 1.82) is 0 Å². The molecule has 4 aromatic heterocycles. The maximum absolute atomic E-state index is 6.28. The van der Waals surface area contributed by atoms with Gasteiger partial charge in [-0.3, -0.25) is 0 Å². The number of anilines is 5. The fourth-order valence-electron chi connectivity index (χ4n) is 19.1. The van der Waals surface area contributed by atoms with Gasteiger partial charge >= 0.3 is 0 Å². The Bertz CT molecular complexity index is 7920. The highest BCUT2D eigenvalue weighted by Gasteiger charge is 2.40. The van der Waals surface area contributed by atoms with Crippen LogP contribution in [0.2, 0.25) is 5.02 Å². The molecule has 0 atom stereocenters. The van der Waals surface area contributed by atoms with E-state index in [9.17, 15) is 0 Å². The van der Waals surface area contributed by atoms with Crippen LogP contribution in [-0.4, -0.2) is 0 Å². The highest BCUT2D eigenvalue weighted by molar-refractivity contribution is 6.30. The van der Waals surface area contributed by atoms with Crippen LogP contribution < -0.4 is 10.2 Å². The molecule has 0 bridgehead atoms. The minimum absolute atomic E-state index is 0. The molecule has 0 spiro atoms. The summed E-state index contributed by atoms with van der Waals surface area (Å²) >= 11 is 6.24. The number of hydrogen-bond donors (Lipinski definition) is 1. The third-order valence-electron chi connectivity index (χ3n) is 25.2. The zero-order chi connectivity index (χ0) is 86.0. The topological polar surface area (TPSA) is 67.8 Å². The van der Waals surface area contributed by atoms with Crippen LogP contribution in [0, 0.1) is 0 Å². The molecule has 0 unspecified atom stereocenters. The maximum atomic E-state index is 6.28. The Morgan fingerprint density at radius 1 is 0.176 bits per heavy atom. The van der Waals surface area contributed by atoms with Gasteiger partial charge in [0.1, 0.15) is 44.7 Å². The van der Waals surface area contributed by atoms with Crippen LogP contribution in [0.1, 0.15) is 59.4 Å². The van der Waals surface area contributed by atoms with Gasteiger partial charge in [-0.1, -0.05) is 390 Å². The van der Waals surface area contributed by atoms with Crippen molar-refractivity contribution in [3.63, 3.8) is 0 Å². The Hall–Kier alpha value is -16.5. The first-order chi connectivity index (χ1) is 63.8. The third-order valence-corrected chi connectivity index (χ3v) is 25.4. The number of furan rings is 4. The third kappa shape index (κ3) is 15.7. The van der Waals surface area contributed by atoms with E-state index < -0.39 is 10.8 Å². The molecule has 24 rings (SSSR count). The predicted octanol–water partition coefficient (Wildman–Crippen LogP) is 35.2. The summed E-state index contributed by atoms with van der Waals surface area (Å²) in [6.45, 7) is 0. The molecule has 24 aromatic rings. The standard InChI is InChI=1S/C61H41NO2.C31H23Cl.C30H19NO2.2CH4/c1-4-16-46(17-5-1)61(47-18-6-2-7-19-47,48-20-8-3-9-21-48)49-32-27-42(28-33-49)44-15-14-22-51(39-44)62(52-36-38-59-56(41-52)54-24-11-13-26-58(54)63-59)50-34-29-43(30-35-50)45-31-37-55-53-23-10-12-25-57(53)64-60(55)40-45;32-30-18-10-11-25(23-30)24-19-21-29(22-20-24)31(26-12-4-1-5-13-26,27-14-6-2-7-15-27)28-16-8-3-9-17-28;1-3-7-27-23(5-1)25-15-11-20(17-30(25)33-27)19-9-12-21(13-10-19)31-22-14-16-29-26(18-22)24-6-2-4-8-28(24)32-29;;/h1-41H;1-23H;1-18,31H;2*1H4. The summed E-state index contributed by atoms with van der Waals surface area (Å²) < 4.78 is 24.5. The lowest BCUT2D eigenvalue weighted by Gasteiger charge is -2.37. The van der Waals surface area contributed by atoms with E-state index in [1.807, 2.05) is 91.0 Å². The molecule has 0 aliphatic heterocycles. The van der Waals surface area contributed by atoms with Crippen molar-refractivity contribution >= 4 is 128 Å². The van der Waals surface area contributed by atoms with E-state index in [4.69, 9.17) is 29.3 Å². The first-order valence-electron chi connectivity index (χ1n) is 43.6. The molecule has 628 valence electrons. The van der Waals surface area contributed by atoms with Crippen LogP contribution in [0.4, 0.5) is 28.4 Å². The molecular weight excluding hydrogens is 1620 g/mol. The van der Waals surface area contributed by atoms with Gasteiger partial charge in [0.25, 0.3) is 0 Å². The fourth-order valence-corrected chi connectivity index (χ4v) is 19.3. The van der Waals surface area contributed by atoms with E-state index in [0.29, 0.717) is 0 Å². The Morgan fingerprint density at radius 3 is 0.855 bits per heavy atom. The van der Waals surface area contributed by atoms with Crippen molar-refractivity contribution in [3.05, 3.63) is 547 Å². The molecule has 1 N–H and O–H groups in total. The van der Waals surface area contributed by atoms with Gasteiger partial charge in [-0.2, -0.15) is 0 Å². The van der Waals surface area contributed by atoms with Crippen molar-refractivity contribution in [1.82, 2.24) is 0 Å². The van der Waals surface area contributed by atoms with Crippen LogP contribution in [0.5, 0.6) is 0 Å². The van der Waals surface area contributed by atoms with E-state index in [2.05, 4.69) is 417 Å². The van der Waals surface area contributed by atoms with Crippen LogP contribution in [0.15, 0.2) is 515 Å². The molecule has 0 amide bonds. The van der Waals surface area contributed by atoms with Gasteiger partial charge in [-0.15, -0.1) is 0 Å². The van der Waals surface area contributed by atoms with Gasteiger partial charge in [-0.05, 0) is 222 Å². The number of nitrogens with one attached hydrogen (secondary N) is 1. The number of para-hydroxylation sites is 4. The number of hydrogen-bond acceptors (Lipinski definition) is 6.